The zero-order valence-corrected chi connectivity index (χ0v) is 13.2. The lowest BCUT2D eigenvalue weighted by atomic mass is 10.2. The predicted molar refractivity (Wildman–Crippen MR) is 88.3 cm³/mol. The summed E-state index contributed by atoms with van der Waals surface area (Å²) < 4.78 is 25.3. The van der Waals surface area contributed by atoms with Crippen molar-refractivity contribution in [2.24, 2.45) is 0 Å². The highest BCUT2D eigenvalue weighted by atomic mass is 32.2. The van der Waals surface area contributed by atoms with E-state index in [0.29, 0.717) is 11.4 Å². The van der Waals surface area contributed by atoms with Crippen LogP contribution in [-0.4, -0.2) is 26.6 Å². The molecule has 0 radical (unpaired) electrons. The van der Waals surface area contributed by atoms with Crippen LogP contribution in [0.5, 0.6) is 0 Å². The number of rotatable bonds is 5. The molecule has 0 bridgehead atoms. The van der Waals surface area contributed by atoms with Gasteiger partial charge in [0, 0.05) is 5.69 Å². The highest BCUT2D eigenvalue weighted by molar-refractivity contribution is 7.92. The first-order valence-electron chi connectivity index (χ1n) is 6.80. The number of benzene rings is 2. The van der Waals surface area contributed by atoms with Gasteiger partial charge in [-0.2, -0.15) is 0 Å². The Morgan fingerprint density at radius 1 is 1.00 bits per heavy atom. The molecule has 116 valence electrons. The molecular formula is C16H18N2O3S. The summed E-state index contributed by atoms with van der Waals surface area (Å²) in [7, 11) is -3.58. The fourth-order valence-corrected chi connectivity index (χ4v) is 3.33. The van der Waals surface area contributed by atoms with E-state index in [9.17, 15) is 13.2 Å². The number of hydrogen-bond acceptors (Lipinski definition) is 3. The number of nitrogens with zero attached hydrogens (tertiary/aromatic N) is 1. The van der Waals surface area contributed by atoms with Crippen LogP contribution < -0.4 is 9.62 Å². The van der Waals surface area contributed by atoms with E-state index in [1.54, 1.807) is 61.5 Å². The van der Waals surface area contributed by atoms with Crippen LogP contribution >= 0.6 is 0 Å². The minimum absolute atomic E-state index is 0.388. The highest BCUT2D eigenvalue weighted by Crippen LogP contribution is 2.21. The lowest BCUT2D eigenvalue weighted by molar-refractivity contribution is -0.116. The molecule has 0 fully saturated rings. The summed E-state index contributed by atoms with van der Waals surface area (Å²) in [6.45, 7) is 1.56. The Morgan fingerprint density at radius 2 is 1.50 bits per heavy atom. The molecule has 0 aliphatic carbocycles. The zero-order valence-electron chi connectivity index (χ0n) is 12.4. The largest absolute Gasteiger partial charge is 0.324 e. The van der Waals surface area contributed by atoms with Crippen molar-refractivity contribution >= 4 is 27.3 Å². The molecule has 0 aliphatic heterocycles. The third-order valence-electron chi connectivity index (χ3n) is 3.14. The van der Waals surface area contributed by atoms with Crippen molar-refractivity contribution in [2.45, 2.75) is 13.0 Å². The van der Waals surface area contributed by atoms with Gasteiger partial charge in [-0.15, -0.1) is 0 Å². The van der Waals surface area contributed by atoms with E-state index in [-0.39, 0.29) is 5.91 Å². The van der Waals surface area contributed by atoms with E-state index >= 15 is 0 Å². The minimum atomic E-state index is -3.58. The van der Waals surface area contributed by atoms with Crippen LogP contribution in [0.4, 0.5) is 11.4 Å². The van der Waals surface area contributed by atoms with Crippen molar-refractivity contribution in [3.8, 4) is 0 Å². The lowest BCUT2D eigenvalue weighted by Crippen LogP contribution is -2.45. The molecule has 0 aromatic heterocycles. The summed E-state index contributed by atoms with van der Waals surface area (Å²) in [4.78, 5) is 12.4. The van der Waals surface area contributed by atoms with Crippen LogP contribution in [0.25, 0.3) is 0 Å². The summed E-state index contributed by atoms with van der Waals surface area (Å²) in [5.41, 5.74) is 1.08. The zero-order chi connectivity index (χ0) is 16.2. The molecule has 0 aliphatic rings. The van der Waals surface area contributed by atoms with E-state index in [1.165, 1.54) is 0 Å². The highest BCUT2D eigenvalue weighted by Gasteiger charge is 2.28. The summed E-state index contributed by atoms with van der Waals surface area (Å²) in [6, 6.07) is 16.6. The Hall–Kier alpha value is -2.34. The minimum Gasteiger partial charge on any atom is -0.324 e. The molecule has 6 heteroatoms. The maximum atomic E-state index is 12.4. The second-order valence-electron chi connectivity index (χ2n) is 4.93. The van der Waals surface area contributed by atoms with Gasteiger partial charge >= 0.3 is 0 Å². The molecule has 2 aromatic rings. The maximum Gasteiger partial charge on any atom is 0.247 e. The molecule has 2 rings (SSSR count). The van der Waals surface area contributed by atoms with Crippen molar-refractivity contribution in [3.63, 3.8) is 0 Å². The Labute approximate surface area is 130 Å². The van der Waals surface area contributed by atoms with Gasteiger partial charge < -0.3 is 5.32 Å². The quantitative estimate of drug-likeness (QED) is 0.921. The van der Waals surface area contributed by atoms with Crippen LogP contribution in [-0.2, 0) is 14.8 Å². The van der Waals surface area contributed by atoms with Gasteiger partial charge in [0.2, 0.25) is 15.9 Å². The molecule has 1 amide bonds. The third kappa shape index (κ3) is 3.85. The summed E-state index contributed by atoms with van der Waals surface area (Å²) in [6.07, 6.45) is 1.09. The fraction of sp³-hybridized carbons (Fsp3) is 0.188. The van der Waals surface area contributed by atoms with Crippen molar-refractivity contribution < 1.29 is 13.2 Å². The first-order valence-corrected chi connectivity index (χ1v) is 8.65. The standard InChI is InChI=1S/C16H18N2O3S/c1-13(16(19)17-14-9-5-3-6-10-14)18(22(2,20)21)15-11-7-4-8-12-15/h3-13H,1-2H3,(H,17,19). The molecule has 1 N–H and O–H groups in total. The van der Waals surface area contributed by atoms with Crippen LogP contribution in [0.15, 0.2) is 60.7 Å². The molecule has 0 spiro atoms. The number of hydrogen-bond donors (Lipinski definition) is 1. The normalized spacial score (nSPS) is 12.5. The van der Waals surface area contributed by atoms with Crippen molar-refractivity contribution in [3.05, 3.63) is 60.7 Å². The summed E-state index contributed by atoms with van der Waals surface area (Å²) >= 11 is 0. The molecule has 22 heavy (non-hydrogen) atoms. The SMILES string of the molecule is CC(C(=O)Nc1ccccc1)N(c1ccccc1)S(C)(=O)=O. The molecule has 0 saturated heterocycles. The van der Waals surface area contributed by atoms with E-state index in [0.717, 1.165) is 10.6 Å². The van der Waals surface area contributed by atoms with E-state index in [2.05, 4.69) is 5.32 Å². The Morgan fingerprint density at radius 3 is 2.00 bits per heavy atom. The van der Waals surface area contributed by atoms with Gasteiger partial charge in [-0.05, 0) is 31.2 Å². The van der Waals surface area contributed by atoms with E-state index in [1.807, 2.05) is 6.07 Å². The maximum absolute atomic E-state index is 12.4. The first kappa shape index (κ1) is 16.0. The van der Waals surface area contributed by atoms with Crippen LogP contribution in [0.1, 0.15) is 6.92 Å². The molecule has 2 aromatic carbocycles. The topological polar surface area (TPSA) is 66.5 Å². The first-order chi connectivity index (χ1) is 10.4. The number of anilines is 2. The number of nitrogens with one attached hydrogen (secondary N) is 1. The van der Waals surface area contributed by atoms with Gasteiger partial charge in [0.15, 0.2) is 0 Å². The Balaban J connectivity index is 2.27. The van der Waals surface area contributed by atoms with E-state index < -0.39 is 16.1 Å². The predicted octanol–water partition coefficient (Wildman–Crippen LogP) is 2.48. The van der Waals surface area contributed by atoms with Crippen LogP contribution in [0, 0.1) is 0 Å². The van der Waals surface area contributed by atoms with Crippen molar-refractivity contribution in [2.75, 3.05) is 15.9 Å². The van der Waals surface area contributed by atoms with Gasteiger partial charge in [-0.25, -0.2) is 8.42 Å². The van der Waals surface area contributed by atoms with Gasteiger partial charge in [0.05, 0.1) is 11.9 Å². The Bertz CT molecular complexity index is 731. The molecule has 1 atom stereocenters. The molecule has 1 unspecified atom stereocenters. The smallest absolute Gasteiger partial charge is 0.247 e. The van der Waals surface area contributed by atoms with Gasteiger partial charge in [-0.1, -0.05) is 36.4 Å². The average molecular weight is 318 g/mol. The van der Waals surface area contributed by atoms with Crippen molar-refractivity contribution in [1.29, 1.82) is 0 Å². The van der Waals surface area contributed by atoms with Gasteiger partial charge in [0.25, 0.3) is 0 Å². The number of sulfonamides is 1. The average Bonchev–Trinajstić information content (AvgIpc) is 2.48. The fourth-order valence-electron chi connectivity index (χ4n) is 2.15. The second-order valence-corrected chi connectivity index (χ2v) is 6.79. The van der Waals surface area contributed by atoms with Crippen LogP contribution in [0.2, 0.25) is 0 Å². The molecule has 0 saturated carbocycles. The van der Waals surface area contributed by atoms with Gasteiger partial charge in [-0.3, -0.25) is 9.10 Å². The monoisotopic (exact) mass is 318 g/mol. The molecule has 0 heterocycles. The number of amides is 1. The number of carbonyl (C=O) groups is 1. The van der Waals surface area contributed by atoms with Crippen LogP contribution in [0.3, 0.4) is 0 Å². The summed E-state index contributed by atoms with van der Waals surface area (Å²) in [5.74, 6) is -0.388. The third-order valence-corrected chi connectivity index (χ3v) is 4.38. The van der Waals surface area contributed by atoms with E-state index in [4.69, 9.17) is 0 Å². The van der Waals surface area contributed by atoms with Gasteiger partial charge in [0.1, 0.15) is 6.04 Å². The molecular weight excluding hydrogens is 300 g/mol. The lowest BCUT2D eigenvalue weighted by Gasteiger charge is -2.28. The number of para-hydroxylation sites is 2. The second kappa shape index (κ2) is 6.62. The molecule has 5 nitrogen and oxygen atoms in total. The Kier molecular flexibility index (Phi) is 4.82. The summed E-state index contributed by atoms with van der Waals surface area (Å²) in [5, 5.41) is 2.72. The van der Waals surface area contributed by atoms with Crippen molar-refractivity contribution in [1.82, 2.24) is 0 Å². The number of carbonyl (C=O) groups excluding carboxylic acids is 1.